The van der Waals surface area contributed by atoms with E-state index in [-0.39, 0.29) is 5.57 Å². The normalized spacial score (nSPS) is 11.1. The van der Waals surface area contributed by atoms with Crippen molar-refractivity contribution < 1.29 is 0 Å². The maximum absolute atomic E-state index is 9.22. The highest BCUT2D eigenvalue weighted by molar-refractivity contribution is 7.16. The minimum atomic E-state index is -0.750. The molecule has 0 atom stereocenters. The summed E-state index contributed by atoms with van der Waals surface area (Å²) in [5.74, 6) is 0. The van der Waals surface area contributed by atoms with Gasteiger partial charge in [0.15, 0.2) is 4.30 Å². The first-order chi connectivity index (χ1) is 25.9. The molecular weight excluding hydrogens is 735 g/mol. The number of benzene rings is 6. The lowest BCUT2D eigenvalue weighted by Crippen LogP contribution is -1.94. The number of aromatic nitrogens is 2. The summed E-state index contributed by atoms with van der Waals surface area (Å²) in [6.45, 7) is 0. The van der Waals surface area contributed by atoms with E-state index in [9.17, 15) is 10.5 Å². The monoisotopic (exact) mass is 760 g/mol. The third-order valence-corrected chi connectivity index (χ3v) is 10.3. The van der Waals surface area contributed by atoms with Crippen LogP contribution in [-0.2, 0) is 0 Å². The van der Waals surface area contributed by atoms with E-state index in [2.05, 4.69) is 149 Å². The lowest BCUT2D eigenvalue weighted by molar-refractivity contribution is 1.18. The number of alkyl halides is 3. The molecule has 0 unspecified atom stereocenters. The third-order valence-electron chi connectivity index (χ3n) is 9.26. The summed E-state index contributed by atoms with van der Waals surface area (Å²) in [5.41, 5.74) is 10.4. The van der Waals surface area contributed by atoms with Gasteiger partial charge in [0, 0.05) is 42.7 Å². The van der Waals surface area contributed by atoms with Crippen molar-refractivity contribution in [2.75, 3.05) is 0 Å². The summed E-state index contributed by atoms with van der Waals surface area (Å²) < 4.78 is 3.93. The topological polar surface area (TPSA) is 57.4 Å². The Kier molecular flexibility index (Phi) is 9.50. The number of thiophene rings is 1. The van der Waals surface area contributed by atoms with E-state index in [0.29, 0.717) is 0 Å². The summed E-state index contributed by atoms with van der Waals surface area (Å²) in [6, 6.07) is 57.9. The van der Waals surface area contributed by atoms with Gasteiger partial charge in [-0.05, 0) is 95.6 Å². The fourth-order valence-electron chi connectivity index (χ4n) is 7.03. The van der Waals surface area contributed by atoms with Crippen LogP contribution in [0.2, 0.25) is 0 Å². The number of nitrogens with zero attached hydrogens (tertiary/aromatic N) is 4. The van der Waals surface area contributed by atoms with Gasteiger partial charge in [0.1, 0.15) is 17.7 Å². The molecule has 0 saturated carbocycles. The molecule has 0 fully saturated rings. The van der Waals surface area contributed by atoms with Gasteiger partial charge in [-0.25, -0.2) is 0 Å². The van der Waals surface area contributed by atoms with Crippen molar-refractivity contribution in [2.45, 2.75) is 4.30 Å². The van der Waals surface area contributed by atoms with Crippen molar-refractivity contribution in [3.8, 4) is 45.1 Å². The number of allylic oxidation sites excluding steroid dienone is 1. The smallest absolute Gasteiger partial charge is 0.180 e. The Labute approximate surface area is 325 Å². The van der Waals surface area contributed by atoms with Crippen LogP contribution in [0.4, 0.5) is 0 Å². The predicted octanol–water partition coefficient (Wildman–Crippen LogP) is 13.7. The molecule has 4 nitrogen and oxygen atoms in total. The molecule has 0 aliphatic heterocycles. The van der Waals surface area contributed by atoms with Crippen LogP contribution in [0, 0.1) is 22.7 Å². The zero-order valence-electron chi connectivity index (χ0n) is 27.9. The molecule has 0 N–H and O–H groups in total. The van der Waals surface area contributed by atoms with Crippen molar-refractivity contribution >= 4 is 95.8 Å². The zero-order valence-corrected chi connectivity index (χ0v) is 31.0. The average molecular weight is 762 g/mol. The highest BCUT2D eigenvalue weighted by Crippen LogP contribution is 2.39. The molecule has 0 aliphatic carbocycles. The van der Waals surface area contributed by atoms with Crippen LogP contribution >= 0.6 is 46.1 Å². The molecule has 0 spiro atoms. The van der Waals surface area contributed by atoms with E-state index >= 15 is 0 Å². The summed E-state index contributed by atoms with van der Waals surface area (Å²) in [7, 11) is 0. The Morgan fingerprint density at radius 1 is 0.509 bits per heavy atom. The van der Waals surface area contributed by atoms with Crippen molar-refractivity contribution in [1.29, 1.82) is 10.5 Å². The Bertz CT molecular complexity index is 2830. The maximum Gasteiger partial charge on any atom is 0.180 e. The molecule has 3 heterocycles. The molecule has 9 aromatic rings. The number of rotatable bonds is 5. The van der Waals surface area contributed by atoms with Gasteiger partial charge in [0.2, 0.25) is 0 Å². The fourth-order valence-corrected chi connectivity index (χ4v) is 7.98. The molecule has 0 aliphatic rings. The molecule has 3 aromatic heterocycles. The van der Waals surface area contributed by atoms with Gasteiger partial charge in [0.25, 0.3) is 0 Å². The number of nitriles is 2. The summed E-state index contributed by atoms with van der Waals surface area (Å²) in [5, 5.41) is 23.3. The first-order valence-electron chi connectivity index (χ1n) is 16.7. The van der Waals surface area contributed by atoms with Gasteiger partial charge in [-0.1, -0.05) is 114 Å². The van der Waals surface area contributed by atoms with Crippen LogP contribution in [0.3, 0.4) is 0 Å². The first kappa shape index (κ1) is 34.3. The second-order valence-corrected chi connectivity index (χ2v) is 15.4. The van der Waals surface area contributed by atoms with E-state index in [0.717, 1.165) is 48.9 Å². The Balaban J connectivity index is 0.000000954. The molecule has 9 rings (SSSR count). The van der Waals surface area contributed by atoms with E-state index in [1.165, 1.54) is 32.6 Å². The molecular formula is C45H27Cl3N4S. The number of para-hydroxylation sites is 3. The van der Waals surface area contributed by atoms with Crippen LogP contribution in [-0.4, -0.2) is 13.4 Å². The standard InChI is InChI=1S/C44H26N4S.CHCl3/c45-27-29(28-46)24-35-20-23-44(49-35)32-17-22-43-39(26-32)38-25-31(16-21-42(38)47(43)33-8-2-1-3-9-33)30-14-18-34(19-15-30)48-40-12-6-4-10-36(40)37-11-5-7-13-41(37)48;2-1(3)4/h1-26H;1H. The number of hydrogen-bond donors (Lipinski definition) is 0. The second kappa shape index (κ2) is 14.7. The lowest BCUT2D eigenvalue weighted by Gasteiger charge is -2.10. The van der Waals surface area contributed by atoms with Crippen LogP contribution in [0.15, 0.2) is 157 Å². The molecule has 0 bridgehead atoms. The van der Waals surface area contributed by atoms with E-state index in [1.54, 1.807) is 17.4 Å². The Morgan fingerprint density at radius 2 is 0.981 bits per heavy atom. The van der Waals surface area contributed by atoms with Gasteiger partial charge >= 0.3 is 0 Å². The minimum Gasteiger partial charge on any atom is -0.309 e. The summed E-state index contributed by atoms with van der Waals surface area (Å²) in [6.07, 6.45) is 1.65. The molecule has 6 aromatic carbocycles. The van der Waals surface area contributed by atoms with Crippen molar-refractivity contribution in [3.05, 3.63) is 162 Å². The van der Waals surface area contributed by atoms with E-state index in [4.69, 9.17) is 34.8 Å². The fraction of sp³-hybridized carbons (Fsp3) is 0.0222. The van der Waals surface area contributed by atoms with Crippen LogP contribution in [0.5, 0.6) is 0 Å². The molecule has 53 heavy (non-hydrogen) atoms. The highest BCUT2D eigenvalue weighted by atomic mass is 35.6. The Morgan fingerprint density at radius 3 is 1.57 bits per heavy atom. The zero-order chi connectivity index (χ0) is 36.5. The van der Waals surface area contributed by atoms with Crippen molar-refractivity contribution in [1.82, 2.24) is 9.13 Å². The van der Waals surface area contributed by atoms with E-state index in [1.807, 2.05) is 24.3 Å². The van der Waals surface area contributed by atoms with Gasteiger partial charge in [0.05, 0.1) is 22.1 Å². The molecule has 0 saturated heterocycles. The minimum absolute atomic E-state index is 0.102. The SMILES string of the molecule is ClC(Cl)Cl.N#CC(C#N)=Cc1ccc(-c2ccc3c(c2)c2cc(-c4ccc(-n5c6ccccc6c6ccccc65)cc4)ccc2n3-c2ccccc2)s1. The second-order valence-electron chi connectivity index (χ2n) is 12.3. The molecule has 8 heteroatoms. The van der Waals surface area contributed by atoms with Crippen LogP contribution in [0.25, 0.3) is 82.6 Å². The van der Waals surface area contributed by atoms with Gasteiger partial charge in [-0.15, -0.1) is 11.3 Å². The van der Waals surface area contributed by atoms with Gasteiger partial charge < -0.3 is 9.13 Å². The lowest BCUT2D eigenvalue weighted by atomic mass is 10.0. The van der Waals surface area contributed by atoms with E-state index < -0.39 is 4.30 Å². The van der Waals surface area contributed by atoms with Gasteiger partial charge in [-0.3, -0.25) is 0 Å². The number of hydrogen-bond acceptors (Lipinski definition) is 3. The van der Waals surface area contributed by atoms with Crippen LogP contribution in [0.1, 0.15) is 4.88 Å². The average Bonchev–Trinajstić information content (AvgIpc) is 3.89. The quantitative estimate of drug-likeness (QED) is 0.130. The Hall–Kier alpha value is -5.79. The summed E-state index contributed by atoms with van der Waals surface area (Å²) >= 11 is 16.0. The molecule has 0 radical (unpaired) electrons. The molecule has 0 amide bonds. The van der Waals surface area contributed by atoms with Crippen LogP contribution < -0.4 is 0 Å². The highest BCUT2D eigenvalue weighted by Gasteiger charge is 2.16. The molecule has 254 valence electrons. The number of fused-ring (bicyclic) bond motifs is 6. The van der Waals surface area contributed by atoms with Crippen molar-refractivity contribution in [3.63, 3.8) is 0 Å². The third kappa shape index (κ3) is 6.57. The maximum atomic E-state index is 9.22. The largest absolute Gasteiger partial charge is 0.309 e. The predicted molar refractivity (Wildman–Crippen MR) is 224 cm³/mol. The first-order valence-corrected chi connectivity index (χ1v) is 18.8. The number of halogens is 3. The van der Waals surface area contributed by atoms with Crippen molar-refractivity contribution in [2.24, 2.45) is 0 Å². The van der Waals surface area contributed by atoms with Gasteiger partial charge in [-0.2, -0.15) is 10.5 Å². The summed E-state index contributed by atoms with van der Waals surface area (Å²) in [4.78, 5) is 1.97.